The van der Waals surface area contributed by atoms with Crippen molar-refractivity contribution in [3.8, 4) is 0 Å². The van der Waals surface area contributed by atoms with Gasteiger partial charge in [0.25, 0.3) is 0 Å². The molecule has 0 saturated heterocycles. The second-order valence-electron chi connectivity index (χ2n) is 2.74. The predicted octanol–water partition coefficient (Wildman–Crippen LogP) is 2.23. The molecule has 78 valence electrons. The molecule has 0 aliphatic rings. The average Bonchev–Trinajstić information content (AvgIpc) is 2.15. The zero-order valence-electron chi connectivity index (χ0n) is 8.41. The van der Waals surface area contributed by atoms with Gasteiger partial charge in [0.2, 0.25) is 0 Å². The fourth-order valence-electron chi connectivity index (χ4n) is 0.923. The molecule has 0 aliphatic carbocycles. The minimum atomic E-state index is -2.98. The number of rotatable bonds is 7. The van der Waals surface area contributed by atoms with E-state index in [2.05, 4.69) is 0 Å². The number of ketones is 1. The standard InChI is InChI=1S/C8H17O4P/c1-4-5-8(9)6-7-13(10,11-2)12-3/h4-7H2,1-3H3. The molecular weight excluding hydrogens is 191 g/mol. The van der Waals surface area contributed by atoms with E-state index in [9.17, 15) is 9.36 Å². The van der Waals surface area contributed by atoms with Crippen molar-refractivity contribution in [2.24, 2.45) is 0 Å². The molecule has 13 heavy (non-hydrogen) atoms. The minimum Gasteiger partial charge on any atom is -0.312 e. The quantitative estimate of drug-likeness (QED) is 0.602. The van der Waals surface area contributed by atoms with Crippen LogP contribution in [0, 0.1) is 0 Å². The molecule has 0 bridgehead atoms. The third-order valence-corrected chi connectivity index (χ3v) is 3.63. The van der Waals surface area contributed by atoms with E-state index in [1.807, 2.05) is 6.92 Å². The van der Waals surface area contributed by atoms with Crippen LogP contribution in [-0.4, -0.2) is 26.2 Å². The van der Waals surface area contributed by atoms with Crippen molar-refractivity contribution in [1.82, 2.24) is 0 Å². The first-order valence-electron chi connectivity index (χ1n) is 4.30. The van der Waals surface area contributed by atoms with E-state index < -0.39 is 7.60 Å². The number of carbonyl (C=O) groups is 1. The van der Waals surface area contributed by atoms with Gasteiger partial charge in [-0.2, -0.15) is 0 Å². The summed E-state index contributed by atoms with van der Waals surface area (Å²) in [5.74, 6) is 0.108. The van der Waals surface area contributed by atoms with Gasteiger partial charge in [0, 0.05) is 27.1 Å². The highest BCUT2D eigenvalue weighted by molar-refractivity contribution is 7.53. The largest absolute Gasteiger partial charge is 0.330 e. The van der Waals surface area contributed by atoms with Gasteiger partial charge in [-0.05, 0) is 6.42 Å². The van der Waals surface area contributed by atoms with Gasteiger partial charge in [-0.25, -0.2) is 0 Å². The van der Waals surface area contributed by atoms with Gasteiger partial charge >= 0.3 is 7.60 Å². The van der Waals surface area contributed by atoms with Gasteiger partial charge in [-0.15, -0.1) is 0 Å². The molecular formula is C8H17O4P. The van der Waals surface area contributed by atoms with Crippen molar-refractivity contribution >= 4 is 13.4 Å². The Morgan fingerprint density at radius 2 is 1.77 bits per heavy atom. The van der Waals surface area contributed by atoms with Crippen molar-refractivity contribution < 1.29 is 18.4 Å². The van der Waals surface area contributed by atoms with Crippen LogP contribution in [0.4, 0.5) is 0 Å². The van der Waals surface area contributed by atoms with Gasteiger partial charge in [0.15, 0.2) is 0 Å². The van der Waals surface area contributed by atoms with Crippen molar-refractivity contribution in [1.29, 1.82) is 0 Å². The summed E-state index contributed by atoms with van der Waals surface area (Å²) in [7, 11) is -0.324. The molecule has 0 aliphatic heterocycles. The smallest absolute Gasteiger partial charge is 0.312 e. The number of carbonyl (C=O) groups excluding carboxylic acids is 1. The lowest BCUT2D eigenvalue weighted by molar-refractivity contribution is -0.118. The summed E-state index contributed by atoms with van der Waals surface area (Å²) in [5.41, 5.74) is 0. The highest BCUT2D eigenvalue weighted by atomic mass is 31.2. The van der Waals surface area contributed by atoms with E-state index in [1.54, 1.807) is 0 Å². The van der Waals surface area contributed by atoms with Crippen molar-refractivity contribution in [2.45, 2.75) is 26.2 Å². The van der Waals surface area contributed by atoms with Crippen LogP contribution in [-0.2, 0) is 18.4 Å². The van der Waals surface area contributed by atoms with Crippen molar-refractivity contribution in [2.75, 3.05) is 20.4 Å². The normalized spacial score (nSPS) is 11.6. The van der Waals surface area contributed by atoms with E-state index in [1.165, 1.54) is 14.2 Å². The summed E-state index contributed by atoms with van der Waals surface area (Å²) >= 11 is 0. The van der Waals surface area contributed by atoms with E-state index in [4.69, 9.17) is 9.05 Å². The van der Waals surface area contributed by atoms with Crippen LogP contribution in [0.15, 0.2) is 0 Å². The Bertz CT molecular complexity index is 194. The van der Waals surface area contributed by atoms with Crippen LogP contribution in [0.5, 0.6) is 0 Å². The van der Waals surface area contributed by atoms with Gasteiger partial charge in [-0.1, -0.05) is 6.92 Å². The summed E-state index contributed by atoms with van der Waals surface area (Å²) in [5, 5.41) is 0. The molecule has 0 radical (unpaired) electrons. The summed E-state index contributed by atoms with van der Waals surface area (Å²) in [6.45, 7) is 1.93. The summed E-state index contributed by atoms with van der Waals surface area (Å²) in [4.78, 5) is 11.1. The van der Waals surface area contributed by atoms with Gasteiger partial charge in [0.05, 0.1) is 6.16 Å². The summed E-state index contributed by atoms with van der Waals surface area (Å²) in [6.07, 6.45) is 1.81. The van der Waals surface area contributed by atoms with Gasteiger partial charge < -0.3 is 9.05 Å². The van der Waals surface area contributed by atoms with Crippen molar-refractivity contribution in [3.05, 3.63) is 0 Å². The molecule has 0 fully saturated rings. The third kappa shape index (κ3) is 5.19. The molecule has 5 heteroatoms. The molecule has 0 aromatic rings. The molecule has 0 amide bonds. The van der Waals surface area contributed by atoms with Crippen LogP contribution >= 0.6 is 7.60 Å². The first kappa shape index (κ1) is 12.8. The van der Waals surface area contributed by atoms with Crippen molar-refractivity contribution in [3.63, 3.8) is 0 Å². The van der Waals surface area contributed by atoms with E-state index in [-0.39, 0.29) is 18.4 Å². The third-order valence-electron chi connectivity index (χ3n) is 1.75. The monoisotopic (exact) mass is 208 g/mol. The SMILES string of the molecule is CCCC(=O)CCP(=O)(OC)OC. The molecule has 0 aromatic heterocycles. The fraction of sp³-hybridized carbons (Fsp3) is 0.875. The summed E-state index contributed by atoms with van der Waals surface area (Å²) in [6, 6.07) is 0. The zero-order valence-corrected chi connectivity index (χ0v) is 9.30. The van der Waals surface area contributed by atoms with Crippen LogP contribution in [0.3, 0.4) is 0 Å². The Hall–Kier alpha value is -0.180. The van der Waals surface area contributed by atoms with Crippen LogP contribution < -0.4 is 0 Å². The Kier molecular flexibility index (Phi) is 6.21. The average molecular weight is 208 g/mol. The molecule has 0 saturated carbocycles. The first-order chi connectivity index (χ1) is 6.08. The molecule has 0 N–H and O–H groups in total. The molecule has 0 atom stereocenters. The van der Waals surface area contributed by atoms with Gasteiger partial charge in [-0.3, -0.25) is 9.36 Å². The predicted molar refractivity (Wildman–Crippen MR) is 51.0 cm³/mol. The van der Waals surface area contributed by atoms with Gasteiger partial charge in [0.1, 0.15) is 5.78 Å². The lowest BCUT2D eigenvalue weighted by Crippen LogP contribution is -2.03. The second kappa shape index (κ2) is 6.30. The summed E-state index contributed by atoms with van der Waals surface area (Å²) < 4.78 is 20.9. The van der Waals surface area contributed by atoms with Crippen LogP contribution in [0.1, 0.15) is 26.2 Å². The Labute approximate surface area is 79.1 Å². The van der Waals surface area contributed by atoms with E-state index in [0.29, 0.717) is 6.42 Å². The lowest BCUT2D eigenvalue weighted by Gasteiger charge is -2.12. The molecule has 0 aromatic carbocycles. The first-order valence-corrected chi connectivity index (χ1v) is 6.03. The maximum atomic E-state index is 11.5. The molecule has 4 nitrogen and oxygen atoms in total. The fourth-order valence-corrected chi connectivity index (χ4v) is 1.96. The topological polar surface area (TPSA) is 52.6 Å². The maximum absolute atomic E-state index is 11.5. The maximum Gasteiger partial charge on any atom is 0.330 e. The Balaban J connectivity index is 3.86. The van der Waals surface area contributed by atoms with E-state index in [0.717, 1.165) is 6.42 Å². The Morgan fingerprint density at radius 3 is 2.15 bits per heavy atom. The number of hydrogen-bond acceptors (Lipinski definition) is 4. The highest BCUT2D eigenvalue weighted by Gasteiger charge is 2.21. The van der Waals surface area contributed by atoms with Crippen LogP contribution in [0.2, 0.25) is 0 Å². The molecule has 0 rings (SSSR count). The molecule has 0 heterocycles. The number of Topliss-reactive ketones (excluding diaryl/α,β-unsaturated/α-hetero) is 1. The minimum absolute atomic E-state index is 0.108. The Morgan fingerprint density at radius 1 is 1.23 bits per heavy atom. The molecule has 0 spiro atoms. The highest BCUT2D eigenvalue weighted by Crippen LogP contribution is 2.46. The zero-order chi connectivity index (χ0) is 10.3. The molecule has 0 unspecified atom stereocenters. The lowest BCUT2D eigenvalue weighted by atomic mass is 10.2. The number of hydrogen-bond donors (Lipinski definition) is 0. The second-order valence-corrected chi connectivity index (χ2v) is 5.14. The van der Waals surface area contributed by atoms with Crippen LogP contribution in [0.25, 0.3) is 0 Å². The van der Waals surface area contributed by atoms with E-state index >= 15 is 0 Å².